The van der Waals surface area contributed by atoms with E-state index in [0.717, 1.165) is 50.4 Å². The van der Waals surface area contributed by atoms with Crippen molar-refractivity contribution in [3.63, 3.8) is 0 Å². The zero-order valence-electron chi connectivity index (χ0n) is 12.5. The number of carbonyl (C=O) groups is 1. The molecular formula is C16H30N2O. The van der Waals surface area contributed by atoms with Gasteiger partial charge in [0.2, 0.25) is 5.91 Å². The zero-order valence-corrected chi connectivity index (χ0v) is 12.5. The van der Waals surface area contributed by atoms with Gasteiger partial charge in [0.1, 0.15) is 0 Å². The van der Waals surface area contributed by atoms with Gasteiger partial charge in [0.25, 0.3) is 0 Å². The van der Waals surface area contributed by atoms with E-state index in [0.29, 0.717) is 24.4 Å². The molecule has 0 bridgehead atoms. The molecule has 0 aromatic heterocycles. The lowest BCUT2D eigenvalue weighted by molar-refractivity contribution is -0.123. The lowest BCUT2D eigenvalue weighted by Crippen LogP contribution is -2.41. The van der Waals surface area contributed by atoms with E-state index >= 15 is 0 Å². The summed E-state index contributed by atoms with van der Waals surface area (Å²) in [6, 6.07) is 0.788. The summed E-state index contributed by atoms with van der Waals surface area (Å²) in [5, 5.41) is 3.27. The average Bonchev–Trinajstić information content (AvgIpc) is 2.30. The molecule has 3 heteroatoms. The lowest BCUT2D eigenvalue weighted by atomic mass is 9.80. The number of nitrogens with two attached hydrogens (primary N) is 1. The molecule has 1 amide bonds. The van der Waals surface area contributed by atoms with E-state index in [-0.39, 0.29) is 5.91 Å². The Labute approximate surface area is 117 Å². The highest BCUT2D eigenvalue weighted by Crippen LogP contribution is 2.29. The molecule has 3 nitrogen and oxygen atoms in total. The molecule has 0 aliphatic heterocycles. The molecule has 2 fully saturated rings. The van der Waals surface area contributed by atoms with Gasteiger partial charge in [-0.15, -0.1) is 0 Å². The van der Waals surface area contributed by atoms with Crippen molar-refractivity contribution >= 4 is 5.91 Å². The fraction of sp³-hybridized carbons (Fsp3) is 0.938. The van der Waals surface area contributed by atoms with Gasteiger partial charge in [-0.2, -0.15) is 0 Å². The summed E-state index contributed by atoms with van der Waals surface area (Å²) < 4.78 is 0. The van der Waals surface area contributed by atoms with Gasteiger partial charge in [-0.1, -0.05) is 13.8 Å². The third-order valence-electron chi connectivity index (χ3n) is 4.91. The second kappa shape index (κ2) is 6.74. The maximum Gasteiger partial charge on any atom is 0.220 e. The Morgan fingerprint density at radius 1 is 1.05 bits per heavy atom. The van der Waals surface area contributed by atoms with Crippen LogP contribution in [0.5, 0.6) is 0 Å². The van der Waals surface area contributed by atoms with Crippen LogP contribution in [0.15, 0.2) is 0 Å². The van der Waals surface area contributed by atoms with Crippen LogP contribution in [0.3, 0.4) is 0 Å². The molecule has 0 radical (unpaired) electrons. The normalized spacial score (nSPS) is 39.8. The predicted molar refractivity (Wildman–Crippen MR) is 78.7 cm³/mol. The molecule has 0 spiro atoms. The fourth-order valence-corrected chi connectivity index (χ4v) is 4.01. The summed E-state index contributed by atoms with van der Waals surface area (Å²) in [4.78, 5) is 12.1. The van der Waals surface area contributed by atoms with Gasteiger partial charge in [-0.3, -0.25) is 4.79 Å². The number of hydrogen-bond donors (Lipinski definition) is 2. The Morgan fingerprint density at radius 3 is 2.21 bits per heavy atom. The van der Waals surface area contributed by atoms with Crippen LogP contribution in [-0.4, -0.2) is 18.0 Å². The third-order valence-corrected chi connectivity index (χ3v) is 4.91. The third kappa shape index (κ3) is 4.79. The van der Waals surface area contributed by atoms with E-state index in [2.05, 4.69) is 19.2 Å². The van der Waals surface area contributed by atoms with Crippen LogP contribution >= 0.6 is 0 Å². The largest absolute Gasteiger partial charge is 0.353 e. The minimum atomic E-state index is 0.270. The standard InChI is InChI=1S/C16H30N2O/c1-11-7-12(2)9-15(8-11)18-16(19)10-13-3-5-14(17)6-4-13/h11-15H,3-10,17H2,1-2H3,(H,18,19). The Kier molecular flexibility index (Phi) is 5.26. The smallest absolute Gasteiger partial charge is 0.220 e. The number of nitrogens with one attached hydrogen (secondary N) is 1. The van der Waals surface area contributed by atoms with Crippen molar-refractivity contribution in [3.05, 3.63) is 0 Å². The molecule has 3 N–H and O–H groups in total. The van der Waals surface area contributed by atoms with Crippen molar-refractivity contribution < 1.29 is 4.79 Å². The minimum Gasteiger partial charge on any atom is -0.353 e. The van der Waals surface area contributed by atoms with Crippen molar-refractivity contribution in [2.45, 2.75) is 77.3 Å². The van der Waals surface area contributed by atoms with E-state index in [1.165, 1.54) is 6.42 Å². The maximum absolute atomic E-state index is 12.1. The van der Waals surface area contributed by atoms with E-state index < -0.39 is 0 Å². The Bertz CT molecular complexity index is 287. The summed E-state index contributed by atoms with van der Waals surface area (Å²) in [7, 11) is 0. The summed E-state index contributed by atoms with van der Waals surface area (Å²) in [5.74, 6) is 2.34. The van der Waals surface area contributed by atoms with Crippen LogP contribution in [0.1, 0.15) is 65.2 Å². The molecule has 2 atom stereocenters. The van der Waals surface area contributed by atoms with Crippen molar-refractivity contribution in [2.24, 2.45) is 23.5 Å². The molecule has 2 aliphatic rings. The highest BCUT2D eigenvalue weighted by Gasteiger charge is 2.26. The highest BCUT2D eigenvalue weighted by atomic mass is 16.1. The van der Waals surface area contributed by atoms with Gasteiger partial charge >= 0.3 is 0 Å². The summed E-state index contributed by atoms with van der Waals surface area (Å²) in [6.45, 7) is 4.61. The molecule has 0 aromatic rings. The lowest BCUT2D eigenvalue weighted by Gasteiger charge is -2.32. The first-order chi connectivity index (χ1) is 9.02. The number of amides is 1. The molecule has 2 rings (SSSR count). The molecular weight excluding hydrogens is 236 g/mol. The van der Waals surface area contributed by atoms with Gasteiger partial charge in [-0.05, 0) is 62.7 Å². The van der Waals surface area contributed by atoms with Gasteiger partial charge in [0.15, 0.2) is 0 Å². The molecule has 0 aromatic carbocycles. The quantitative estimate of drug-likeness (QED) is 0.825. The maximum atomic E-state index is 12.1. The SMILES string of the molecule is CC1CC(C)CC(NC(=O)CC2CCC(N)CC2)C1. The first-order valence-electron chi connectivity index (χ1n) is 8.08. The second-order valence-corrected chi connectivity index (χ2v) is 7.17. The summed E-state index contributed by atoms with van der Waals surface area (Å²) in [6.07, 6.45) is 8.79. The summed E-state index contributed by atoms with van der Waals surface area (Å²) >= 11 is 0. The van der Waals surface area contributed by atoms with Gasteiger partial charge in [0.05, 0.1) is 0 Å². The van der Waals surface area contributed by atoms with Gasteiger partial charge in [0, 0.05) is 18.5 Å². The second-order valence-electron chi connectivity index (χ2n) is 7.17. The van der Waals surface area contributed by atoms with Crippen LogP contribution in [0.4, 0.5) is 0 Å². The monoisotopic (exact) mass is 266 g/mol. The molecule has 0 saturated heterocycles. The van der Waals surface area contributed by atoms with Crippen LogP contribution < -0.4 is 11.1 Å². The van der Waals surface area contributed by atoms with Gasteiger partial charge in [-0.25, -0.2) is 0 Å². The van der Waals surface area contributed by atoms with E-state index in [1.54, 1.807) is 0 Å². The van der Waals surface area contributed by atoms with Gasteiger partial charge < -0.3 is 11.1 Å². The number of hydrogen-bond acceptors (Lipinski definition) is 2. The van der Waals surface area contributed by atoms with E-state index in [1.807, 2.05) is 0 Å². The molecule has 19 heavy (non-hydrogen) atoms. The Hall–Kier alpha value is -0.570. The summed E-state index contributed by atoms with van der Waals surface area (Å²) in [5.41, 5.74) is 5.91. The molecule has 2 aliphatic carbocycles. The highest BCUT2D eigenvalue weighted by molar-refractivity contribution is 5.76. The van der Waals surface area contributed by atoms with Crippen molar-refractivity contribution in [1.82, 2.24) is 5.32 Å². The molecule has 110 valence electrons. The van der Waals surface area contributed by atoms with Crippen LogP contribution in [0, 0.1) is 17.8 Å². The van der Waals surface area contributed by atoms with Crippen molar-refractivity contribution in [1.29, 1.82) is 0 Å². The Morgan fingerprint density at radius 2 is 1.63 bits per heavy atom. The van der Waals surface area contributed by atoms with Crippen molar-refractivity contribution in [3.8, 4) is 0 Å². The average molecular weight is 266 g/mol. The van der Waals surface area contributed by atoms with E-state index in [4.69, 9.17) is 5.73 Å². The molecule has 0 heterocycles. The molecule has 2 unspecified atom stereocenters. The topological polar surface area (TPSA) is 55.1 Å². The van der Waals surface area contributed by atoms with Crippen LogP contribution in [-0.2, 0) is 4.79 Å². The first-order valence-corrected chi connectivity index (χ1v) is 8.08. The van der Waals surface area contributed by atoms with Crippen LogP contribution in [0.2, 0.25) is 0 Å². The minimum absolute atomic E-state index is 0.270. The molecule has 2 saturated carbocycles. The fourth-order valence-electron chi connectivity index (χ4n) is 4.01. The predicted octanol–water partition coefficient (Wildman–Crippen LogP) is 2.83. The van der Waals surface area contributed by atoms with Crippen LogP contribution in [0.25, 0.3) is 0 Å². The van der Waals surface area contributed by atoms with E-state index in [9.17, 15) is 4.79 Å². The number of rotatable bonds is 3. The zero-order chi connectivity index (χ0) is 13.8. The van der Waals surface area contributed by atoms with Crippen molar-refractivity contribution in [2.75, 3.05) is 0 Å². The Balaban J connectivity index is 1.72. The first kappa shape index (κ1) is 14.8. The number of carbonyl (C=O) groups excluding carboxylic acids is 1.